The summed E-state index contributed by atoms with van der Waals surface area (Å²) >= 11 is 0. The van der Waals surface area contributed by atoms with Gasteiger partial charge in [0.2, 0.25) is 5.88 Å². The Morgan fingerprint density at radius 3 is 2.59 bits per heavy atom. The molecule has 0 amide bonds. The first-order valence-corrected chi connectivity index (χ1v) is 12.6. The lowest BCUT2D eigenvalue weighted by atomic mass is 9.87. The Bertz CT molecular complexity index is 1550. The van der Waals surface area contributed by atoms with Gasteiger partial charge in [0.15, 0.2) is 5.82 Å². The average molecular weight is 539 g/mol. The van der Waals surface area contributed by atoms with Crippen molar-refractivity contribution in [3.05, 3.63) is 65.1 Å². The van der Waals surface area contributed by atoms with Crippen LogP contribution >= 0.6 is 0 Å². The fraction of sp³-hybridized carbons (Fsp3) is 0.370. The van der Waals surface area contributed by atoms with Crippen LogP contribution < -0.4 is 9.47 Å². The number of fused-ring (bicyclic) bond motifs is 5. The van der Waals surface area contributed by atoms with Crippen molar-refractivity contribution in [3.63, 3.8) is 0 Å². The van der Waals surface area contributed by atoms with E-state index in [-0.39, 0.29) is 30.7 Å². The summed E-state index contributed by atoms with van der Waals surface area (Å²) in [4.78, 5) is 24.5. The SMILES string of the molecule is CCc1cnc2nc1C(C)(O)c1ccc(-c3ncc(C(F)(F)F)[nH]3)cc1OCCOc1ncnc(C3CC3)c1-2. The number of H-pyrrole nitrogens is 1. The molecule has 2 N–H and O–H groups in total. The number of rotatable bonds is 3. The van der Waals surface area contributed by atoms with Gasteiger partial charge in [-0.15, -0.1) is 0 Å². The van der Waals surface area contributed by atoms with E-state index in [1.807, 2.05) is 6.92 Å². The summed E-state index contributed by atoms with van der Waals surface area (Å²) in [7, 11) is 0. The Kier molecular flexibility index (Phi) is 6.01. The third-order valence-corrected chi connectivity index (χ3v) is 6.98. The van der Waals surface area contributed by atoms with Gasteiger partial charge in [-0.3, -0.25) is 0 Å². The molecule has 202 valence electrons. The number of aryl methyl sites for hydroxylation is 1. The van der Waals surface area contributed by atoms with E-state index in [1.165, 1.54) is 6.33 Å². The summed E-state index contributed by atoms with van der Waals surface area (Å²) in [5.41, 5.74) is 0.681. The van der Waals surface area contributed by atoms with E-state index < -0.39 is 17.5 Å². The Balaban J connectivity index is 1.50. The second-order valence-electron chi connectivity index (χ2n) is 9.76. The summed E-state index contributed by atoms with van der Waals surface area (Å²) < 4.78 is 51.4. The van der Waals surface area contributed by atoms with Crippen molar-refractivity contribution >= 4 is 0 Å². The molecule has 0 saturated heterocycles. The predicted octanol–water partition coefficient (Wildman–Crippen LogP) is 4.81. The average Bonchev–Trinajstić information content (AvgIpc) is 3.64. The summed E-state index contributed by atoms with van der Waals surface area (Å²) in [6.45, 7) is 3.74. The van der Waals surface area contributed by atoms with Crippen LogP contribution in [-0.2, 0) is 18.2 Å². The molecule has 1 atom stereocenters. The maximum Gasteiger partial charge on any atom is 0.432 e. The van der Waals surface area contributed by atoms with Gasteiger partial charge in [-0.05, 0) is 37.8 Å². The quantitative estimate of drug-likeness (QED) is 0.382. The largest absolute Gasteiger partial charge is 0.490 e. The van der Waals surface area contributed by atoms with Gasteiger partial charge < -0.3 is 19.6 Å². The van der Waals surface area contributed by atoms with Crippen molar-refractivity contribution in [2.24, 2.45) is 0 Å². The number of imidazole rings is 1. The fourth-order valence-corrected chi connectivity index (χ4v) is 4.80. The van der Waals surface area contributed by atoms with E-state index in [4.69, 9.17) is 14.5 Å². The fourth-order valence-electron chi connectivity index (χ4n) is 4.80. The molecule has 0 spiro atoms. The molecule has 1 aromatic carbocycles. The molecule has 3 aromatic heterocycles. The van der Waals surface area contributed by atoms with Crippen molar-refractivity contribution in [1.29, 1.82) is 0 Å². The van der Waals surface area contributed by atoms with E-state index in [9.17, 15) is 18.3 Å². The smallest absolute Gasteiger partial charge is 0.432 e. The number of ether oxygens (including phenoxy) is 2. The summed E-state index contributed by atoms with van der Waals surface area (Å²) in [6, 6.07) is 4.74. The third kappa shape index (κ3) is 4.58. The third-order valence-electron chi connectivity index (χ3n) is 6.98. The molecule has 4 heterocycles. The highest BCUT2D eigenvalue weighted by Gasteiger charge is 2.37. The number of hydrogen-bond acceptors (Lipinski definition) is 8. The summed E-state index contributed by atoms with van der Waals surface area (Å²) in [5.74, 6) is 1.24. The topological polar surface area (TPSA) is 119 Å². The maximum absolute atomic E-state index is 13.1. The normalized spacial score (nSPS) is 19.1. The number of benzene rings is 1. The molecule has 39 heavy (non-hydrogen) atoms. The number of nitrogens with one attached hydrogen (secondary N) is 1. The second kappa shape index (κ2) is 9.30. The van der Waals surface area contributed by atoms with Crippen LogP contribution in [0.5, 0.6) is 11.6 Å². The Hall–Kier alpha value is -4.06. The molecule has 2 bridgehead atoms. The van der Waals surface area contributed by atoms with Crippen LogP contribution in [0.1, 0.15) is 60.8 Å². The van der Waals surface area contributed by atoms with Crippen LogP contribution in [0, 0.1) is 0 Å². The molecular weight excluding hydrogens is 513 g/mol. The number of aromatic amines is 1. The van der Waals surface area contributed by atoms with Crippen molar-refractivity contribution < 1.29 is 27.8 Å². The van der Waals surface area contributed by atoms with Gasteiger partial charge in [0.25, 0.3) is 0 Å². The van der Waals surface area contributed by atoms with E-state index in [1.54, 1.807) is 31.3 Å². The minimum absolute atomic E-state index is 0.0209. The van der Waals surface area contributed by atoms with Crippen molar-refractivity contribution in [2.45, 2.75) is 50.8 Å². The second-order valence-corrected chi connectivity index (χ2v) is 9.76. The highest BCUT2D eigenvalue weighted by molar-refractivity contribution is 5.67. The monoisotopic (exact) mass is 538 g/mol. The number of nitrogens with zero attached hydrogens (tertiary/aromatic N) is 5. The van der Waals surface area contributed by atoms with E-state index in [0.717, 1.165) is 30.3 Å². The van der Waals surface area contributed by atoms with Crippen molar-refractivity contribution in [2.75, 3.05) is 13.2 Å². The van der Waals surface area contributed by atoms with Crippen LogP contribution in [0.2, 0.25) is 0 Å². The highest BCUT2D eigenvalue weighted by Crippen LogP contribution is 2.46. The van der Waals surface area contributed by atoms with Crippen LogP contribution in [-0.4, -0.2) is 48.2 Å². The molecule has 1 aliphatic heterocycles. The van der Waals surface area contributed by atoms with Crippen molar-refractivity contribution in [1.82, 2.24) is 29.9 Å². The first kappa shape index (κ1) is 25.2. The zero-order chi connectivity index (χ0) is 27.4. The predicted molar refractivity (Wildman–Crippen MR) is 133 cm³/mol. The molecule has 9 nitrogen and oxygen atoms in total. The maximum atomic E-state index is 13.1. The Morgan fingerprint density at radius 2 is 1.87 bits per heavy atom. The van der Waals surface area contributed by atoms with Gasteiger partial charge in [0.05, 0.1) is 17.6 Å². The zero-order valence-electron chi connectivity index (χ0n) is 21.2. The molecule has 12 heteroatoms. The molecule has 1 unspecified atom stereocenters. The van der Waals surface area contributed by atoms with Gasteiger partial charge >= 0.3 is 6.18 Å². The van der Waals surface area contributed by atoms with E-state index in [0.29, 0.717) is 40.5 Å². The molecule has 1 saturated carbocycles. The van der Waals surface area contributed by atoms with Gasteiger partial charge in [-0.25, -0.2) is 24.9 Å². The number of halogens is 3. The van der Waals surface area contributed by atoms with Gasteiger partial charge in [-0.1, -0.05) is 19.1 Å². The Labute approximate surface area is 221 Å². The molecule has 2 aliphatic rings. The molecule has 4 aromatic rings. The lowest BCUT2D eigenvalue weighted by molar-refractivity contribution is -0.140. The minimum atomic E-state index is -4.56. The van der Waals surface area contributed by atoms with Crippen LogP contribution in [0.15, 0.2) is 36.9 Å². The first-order chi connectivity index (χ1) is 18.7. The van der Waals surface area contributed by atoms with Crippen LogP contribution in [0.4, 0.5) is 13.2 Å². The summed E-state index contributed by atoms with van der Waals surface area (Å²) in [5, 5.41) is 12.0. The number of alkyl halides is 3. The van der Waals surface area contributed by atoms with E-state index >= 15 is 0 Å². The molecule has 1 fully saturated rings. The lowest BCUT2D eigenvalue weighted by Gasteiger charge is -2.29. The van der Waals surface area contributed by atoms with Gasteiger partial charge in [0, 0.05) is 23.2 Å². The molecular formula is C27H25F3N6O3. The van der Waals surface area contributed by atoms with Gasteiger partial charge in [-0.2, -0.15) is 13.2 Å². The number of hydrogen-bond donors (Lipinski definition) is 2. The van der Waals surface area contributed by atoms with Crippen LogP contribution in [0.3, 0.4) is 0 Å². The number of aromatic nitrogens is 6. The highest BCUT2D eigenvalue weighted by atomic mass is 19.4. The Morgan fingerprint density at radius 1 is 1.08 bits per heavy atom. The minimum Gasteiger partial charge on any atom is -0.490 e. The van der Waals surface area contributed by atoms with Gasteiger partial charge in [0.1, 0.15) is 48.0 Å². The molecule has 0 radical (unpaired) electrons. The number of aliphatic hydroxyl groups is 1. The first-order valence-electron chi connectivity index (χ1n) is 12.6. The van der Waals surface area contributed by atoms with Crippen molar-refractivity contribution in [3.8, 4) is 34.4 Å². The molecule has 6 rings (SSSR count). The zero-order valence-corrected chi connectivity index (χ0v) is 21.2. The standard InChI is InChI=1S/C27H25F3N6O3/c1-3-14-11-31-24-20-21(15-4-5-15)33-13-34-25(20)39-9-8-38-18-10-16(23-32-12-19(35-23)27(28,29)30)6-7-17(18)26(2,37)22(14)36-24/h6-7,10-13,15,37H,3-5,8-9H2,1-2H3,(H,32,35). The summed E-state index contributed by atoms with van der Waals surface area (Å²) in [6.07, 6.45) is 1.88. The van der Waals surface area contributed by atoms with E-state index in [2.05, 4.69) is 24.9 Å². The van der Waals surface area contributed by atoms with Crippen LogP contribution in [0.25, 0.3) is 22.8 Å². The lowest BCUT2D eigenvalue weighted by Crippen LogP contribution is -2.28. The molecule has 1 aliphatic carbocycles.